The number of aromatic amines is 1. The van der Waals surface area contributed by atoms with Crippen molar-refractivity contribution in [1.82, 2.24) is 10.2 Å². The number of aromatic nitrogens is 2. The molecule has 0 saturated heterocycles. The quantitative estimate of drug-likeness (QED) is 0.731. The number of anilines is 1. The first-order valence-corrected chi connectivity index (χ1v) is 4.59. The standard InChI is InChI=1S/C11H11N3O/c1-7-3-2-4-8(5-7)9-6-10(12)13-14-11(9)15/h2-6H,1H3,(H2,12,13)(H,14,15). The van der Waals surface area contributed by atoms with E-state index >= 15 is 0 Å². The maximum Gasteiger partial charge on any atom is 0.272 e. The molecule has 1 heterocycles. The number of aryl methyl sites for hydroxylation is 1. The minimum atomic E-state index is -0.227. The molecule has 2 rings (SSSR count). The SMILES string of the molecule is Cc1cccc(-c2cc(N)n[nH]c2=O)c1. The highest BCUT2D eigenvalue weighted by atomic mass is 16.1. The molecule has 3 N–H and O–H groups in total. The van der Waals surface area contributed by atoms with Gasteiger partial charge in [0.2, 0.25) is 0 Å². The van der Waals surface area contributed by atoms with Crippen LogP contribution in [0.2, 0.25) is 0 Å². The fourth-order valence-corrected chi connectivity index (χ4v) is 1.45. The highest BCUT2D eigenvalue weighted by molar-refractivity contribution is 5.65. The number of nitrogen functional groups attached to an aromatic ring is 1. The van der Waals surface area contributed by atoms with Crippen LogP contribution in [-0.2, 0) is 0 Å². The second-order valence-electron chi connectivity index (χ2n) is 3.41. The number of nitrogens with zero attached hydrogens (tertiary/aromatic N) is 1. The third kappa shape index (κ3) is 1.88. The third-order valence-corrected chi connectivity index (χ3v) is 2.15. The zero-order chi connectivity index (χ0) is 10.8. The molecule has 0 fully saturated rings. The molecule has 0 spiro atoms. The van der Waals surface area contributed by atoms with Gasteiger partial charge in [-0.25, -0.2) is 5.10 Å². The van der Waals surface area contributed by atoms with Crippen LogP contribution in [0.1, 0.15) is 5.56 Å². The van der Waals surface area contributed by atoms with Crippen LogP contribution in [-0.4, -0.2) is 10.2 Å². The van der Waals surface area contributed by atoms with Gasteiger partial charge in [0.15, 0.2) is 0 Å². The predicted molar refractivity (Wildman–Crippen MR) is 59.4 cm³/mol. The maximum absolute atomic E-state index is 11.5. The van der Waals surface area contributed by atoms with Crippen molar-refractivity contribution in [3.63, 3.8) is 0 Å². The zero-order valence-electron chi connectivity index (χ0n) is 8.32. The second-order valence-corrected chi connectivity index (χ2v) is 3.41. The second kappa shape index (κ2) is 3.57. The van der Waals surface area contributed by atoms with E-state index in [1.54, 1.807) is 6.07 Å². The van der Waals surface area contributed by atoms with Crippen LogP contribution >= 0.6 is 0 Å². The Balaban J connectivity index is 2.63. The zero-order valence-corrected chi connectivity index (χ0v) is 8.32. The molecule has 76 valence electrons. The summed E-state index contributed by atoms with van der Waals surface area (Å²) in [6.07, 6.45) is 0. The van der Waals surface area contributed by atoms with E-state index in [-0.39, 0.29) is 5.56 Å². The molecular weight excluding hydrogens is 190 g/mol. The van der Waals surface area contributed by atoms with Crippen molar-refractivity contribution in [2.24, 2.45) is 0 Å². The highest BCUT2D eigenvalue weighted by Crippen LogP contribution is 2.16. The van der Waals surface area contributed by atoms with Crippen molar-refractivity contribution in [3.05, 3.63) is 46.2 Å². The number of nitrogens with one attached hydrogen (secondary N) is 1. The third-order valence-electron chi connectivity index (χ3n) is 2.15. The number of H-pyrrole nitrogens is 1. The summed E-state index contributed by atoms with van der Waals surface area (Å²) in [5.74, 6) is 0.311. The van der Waals surface area contributed by atoms with Gasteiger partial charge in [-0.3, -0.25) is 4.79 Å². The highest BCUT2D eigenvalue weighted by Gasteiger charge is 2.04. The Morgan fingerprint density at radius 2 is 2.13 bits per heavy atom. The molecule has 0 aliphatic rings. The molecule has 1 aromatic carbocycles. The van der Waals surface area contributed by atoms with Gasteiger partial charge in [-0.15, -0.1) is 0 Å². The van der Waals surface area contributed by atoms with Crippen LogP contribution in [0.3, 0.4) is 0 Å². The average molecular weight is 201 g/mol. The molecule has 4 heteroatoms. The predicted octanol–water partition coefficient (Wildman–Crippen LogP) is 1.33. The fourth-order valence-electron chi connectivity index (χ4n) is 1.45. The molecule has 15 heavy (non-hydrogen) atoms. The normalized spacial score (nSPS) is 10.2. The summed E-state index contributed by atoms with van der Waals surface area (Å²) in [4.78, 5) is 11.5. The molecule has 0 amide bonds. The first-order valence-electron chi connectivity index (χ1n) is 4.59. The molecule has 4 nitrogen and oxygen atoms in total. The summed E-state index contributed by atoms with van der Waals surface area (Å²) in [5.41, 5.74) is 7.79. The molecule has 0 saturated carbocycles. The Morgan fingerprint density at radius 3 is 2.87 bits per heavy atom. The first-order chi connectivity index (χ1) is 7.16. The Bertz CT molecular complexity index is 546. The lowest BCUT2D eigenvalue weighted by Gasteiger charge is -2.01. The fraction of sp³-hybridized carbons (Fsp3) is 0.0909. The Labute approximate surface area is 86.8 Å². The van der Waals surface area contributed by atoms with E-state index in [9.17, 15) is 4.79 Å². The van der Waals surface area contributed by atoms with Gasteiger partial charge >= 0.3 is 0 Å². The molecule has 0 aliphatic carbocycles. The van der Waals surface area contributed by atoms with E-state index in [4.69, 9.17) is 5.73 Å². The number of hydrogen-bond donors (Lipinski definition) is 2. The Morgan fingerprint density at radius 1 is 1.33 bits per heavy atom. The van der Waals surface area contributed by atoms with Gasteiger partial charge in [-0.2, -0.15) is 5.10 Å². The summed E-state index contributed by atoms with van der Waals surface area (Å²) in [7, 11) is 0. The van der Waals surface area contributed by atoms with Gasteiger partial charge in [0, 0.05) is 0 Å². The summed E-state index contributed by atoms with van der Waals surface area (Å²) in [6, 6.07) is 9.26. The van der Waals surface area contributed by atoms with Crippen LogP contribution in [0, 0.1) is 6.92 Å². The van der Waals surface area contributed by atoms with Gasteiger partial charge in [0.1, 0.15) is 5.82 Å². The number of rotatable bonds is 1. The van der Waals surface area contributed by atoms with Crippen LogP contribution < -0.4 is 11.3 Å². The van der Waals surface area contributed by atoms with E-state index < -0.39 is 0 Å². The lowest BCUT2D eigenvalue weighted by atomic mass is 10.1. The molecule has 2 aromatic rings. The van der Waals surface area contributed by atoms with Crippen LogP contribution in [0.25, 0.3) is 11.1 Å². The Kier molecular flexibility index (Phi) is 2.25. The van der Waals surface area contributed by atoms with E-state index in [0.717, 1.165) is 11.1 Å². The lowest BCUT2D eigenvalue weighted by Crippen LogP contribution is -2.12. The number of benzene rings is 1. The van der Waals surface area contributed by atoms with Gasteiger partial charge in [0.05, 0.1) is 5.56 Å². The summed E-state index contributed by atoms with van der Waals surface area (Å²) >= 11 is 0. The van der Waals surface area contributed by atoms with E-state index in [0.29, 0.717) is 11.4 Å². The van der Waals surface area contributed by atoms with Crippen LogP contribution in [0.4, 0.5) is 5.82 Å². The van der Waals surface area contributed by atoms with Gasteiger partial charge in [-0.1, -0.05) is 29.8 Å². The van der Waals surface area contributed by atoms with E-state index in [1.165, 1.54) is 0 Å². The average Bonchev–Trinajstić information content (AvgIpc) is 2.22. The molecule has 0 aliphatic heterocycles. The van der Waals surface area contributed by atoms with Crippen molar-refractivity contribution in [2.75, 3.05) is 5.73 Å². The van der Waals surface area contributed by atoms with Crippen molar-refractivity contribution in [2.45, 2.75) is 6.92 Å². The summed E-state index contributed by atoms with van der Waals surface area (Å²) < 4.78 is 0. The minimum Gasteiger partial charge on any atom is -0.382 e. The summed E-state index contributed by atoms with van der Waals surface area (Å²) in [6.45, 7) is 1.97. The summed E-state index contributed by atoms with van der Waals surface area (Å²) in [5, 5.41) is 5.98. The molecule has 0 bridgehead atoms. The van der Waals surface area contributed by atoms with Crippen molar-refractivity contribution < 1.29 is 0 Å². The van der Waals surface area contributed by atoms with E-state index in [1.807, 2.05) is 31.2 Å². The lowest BCUT2D eigenvalue weighted by molar-refractivity contribution is 1.00. The van der Waals surface area contributed by atoms with Crippen molar-refractivity contribution in [3.8, 4) is 11.1 Å². The first kappa shape index (κ1) is 9.45. The van der Waals surface area contributed by atoms with Gasteiger partial charge in [0.25, 0.3) is 5.56 Å². The smallest absolute Gasteiger partial charge is 0.272 e. The van der Waals surface area contributed by atoms with Gasteiger partial charge < -0.3 is 5.73 Å². The largest absolute Gasteiger partial charge is 0.382 e. The van der Waals surface area contributed by atoms with Gasteiger partial charge in [-0.05, 0) is 18.6 Å². The number of hydrogen-bond acceptors (Lipinski definition) is 3. The maximum atomic E-state index is 11.5. The monoisotopic (exact) mass is 201 g/mol. The van der Waals surface area contributed by atoms with E-state index in [2.05, 4.69) is 10.2 Å². The molecular formula is C11H11N3O. The van der Waals surface area contributed by atoms with Crippen molar-refractivity contribution in [1.29, 1.82) is 0 Å². The van der Waals surface area contributed by atoms with Crippen molar-refractivity contribution >= 4 is 5.82 Å². The number of nitrogens with two attached hydrogens (primary N) is 1. The van der Waals surface area contributed by atoms with Crippen LogP contribution in [0.15, 0.2) is 35.1 Å². The molecule has 0 radical (unpaired) electrons. The van der Waals surface area contributed by atoms with Crippen LogP contribution in [0.5, 0.6) is 0 Å². The topological polar surface area (TPSA) is 71.8 Å². The molecule has 0 unspecified atom stereocenters. The Hall–Kier alpha value is -2.10. The minimum absolute atomic E-state index is 0.227. The molecule has 0 atom stereocenters. The molecule has 1 aromatic heterocycles.